The van der Waals surface area contributed by atoms with Crippen molar-refractivity contribution in [1.82, 2.24) is 0 Å². The van der Waals surface area contributed by atoms with Crippen molar-refractivity contribution in [2.24, 2.45) is 11.3 Å². The Morgan fingerprint density at radius 2 is 1.44 bits per heavy atom. The van der Waals surface area contributed by atoms with Gasteiger partial charge in [-0.25, -0.2) is 0 Å². The molecule has 0 aromatic rings. The molecule has 0 rings (SSSR count). The Balaban J connectivity index is 3.49. The molecule has 0 saturated heterocycles. The van der Waals surface area contributed by atoms with Gasteiger partial charge in [0.2, 0.25) is 0 Å². The van der Waals surface area contributed by atoms with E-state index in [2.05, 4.69) is 27.7 Å². The van der Waals surface area contributed by atoms with Crippen LogP contribution in [-0.4, -0.2) is 5.88 Å². The second kappa shape index (κ2) is 9.33. The van der Waals surface area contributed by atoms with Gasteiger partial charge in [-0.3, -0.25) is 0 Å². The van der Waals surface area contributed by atoms with Gasteiger partial charge in [0.15, 0.2) is 0 Å². The first-order valence-corrected chi connectivity index (χ1v) is 7.66. The Bertz CT molecular complexity index is 154. The predicted molar refractivity (Wildman–Crippen MR) is 76.3 cm³/mol. The van der Waals surface area contributed by atoms with Crippen molar-refractivity contribution in [3.8, 4) is 0 Å². The van der Waals surface area contributed by atoms with Gasteiger partial charge in [-0.2, -0.15) is 0 Å². The Morgan fingerprint density at radius 1 is 0.938 bits per heavy atom. The highest BCUT2D eigenvalue weighted by atomic mass is 35.5. The molecular weight excluding hydrogens is 216 g/mol. The van der Waals surface area contributed by atoms with Crippen LogP contribution in [0.15, 0.2) is 0 Å². The highest BCUT2D eigenvalue weighted by molar-refractivity contribution is 6.18. The molecule has 0 aliphatic rings. The molecule has 0 aliphatic heterocycles. The fraction of sp³-hybridized carbons (Fsp3) is 1.00. The van der Waals surface area contributed by atoms with Crippen LogP contribution in [0.4, 0.5) is 0 Å². The summed E-state index contributed by atoms with van der Waals surface area (Å²) in [6.45, 7) is 9.20. The SMILES string of the molecule is CCCCCCCCCC(C)(CCl)C(C)C. The van der Waals surface area contributed by atoms with Gasteiger partial charge >= 0.3 is 0 Å². The van der Waals surface area contributed by atoms with Gasteiger partial charge in [-0.15, -0.1) is 11.6 Å². The number of alkyl halides is 1. The number of rotatable bonds is 10. The lowest BCUT2D eigenvalue weighted by Gasteiger charge is -2.31. The largest absolute Gasteiger partial charge is 0.126 e. The zero-order valence-corrected chi connectivity index (χ0v) is 12.6. The number of halogens is 1. The quantitative estimate of drug-likeness (QED) is 0.326. The lowest BCUT2D eigenvalue weighted by molar-refractivity contribution is 0.226. The van der Waals surface area contributed by atoms with E-state index in [-0.39, 0.29) is 0 Å². The van der Waals surface area contributed by atoms with Crippen LogP contribution in [0, 0.1) is 11.3 Å². The topological polar surface area (TPSA) is 0 Å². The second-order valence-electron chi connectivity index (χ2n) is 5.81. The summed E-state index contributed by atoms with van der Waals surface area (Å²) in [6, 6.07) is 0. The monoisotopic (exact) mass is 246 g/mol. The van der Waals surface area contributed by atoms with Crippen molar-refractivity contribution < 1.29 is 0 Å². The maximum Gasteiger partial charge on any atom is 0.0279 e. The molecule has 0 aromatic heterocycles. The van der Waals surface area contributed by atoms with Crippen molar-refractivity contribution in [2.45, 2.75) is 79.1 Å². The first-order valence-electron chi connectivity index (χ1n) is 7.12. The van der Waals surface area contributed by atoms with Crippen molar-refractivity contribution in [1.29, 1.82) is 0 Å². The molecule has 0 aliphatic carbocycles. The van der Waals surface area contributed by atoms with Gasteiger partial charge in [-0.1, -0.05) is 72.6 Å². The normalized spacial score (nSPS) is 15.4. The van der Waals surface area contributed by atoms with E-state index in [0.29, 0.717) is 11.3 Å². The highest BCUT2D eigenvalue weighted by Gasteiger charge is 2.26. The van der Waals surface area contributed by atoms with Gasteiger partial charge in [0, 0.05) is 5.88 Å². The predicted octanol–water partition coefficient (Wildman–Crippen LogP) is 6.03. The summed E-state index contributed by atoms with van der Waals surface area (Å²) < 4.78 is 0. The van der Waals surface area contributed by atoms with Crippen LogP contribution in [0.25, 0.3) is 0 Å². The molecule has 0 N–H and O–H groups in total. The van der Waals surface area contributed by atoms with Crippen LogP contribution in [0.5, 0.6) is 0 Å². The van der Waals surface area contributed by atoms with Crippen LogP contribution in [0.1, 0.15) is 79.1 Å². The molecule has 0 radical (unpaired) electrons. The molecule has 1 heteroatoms. The van der Waals surface area contributed by atoms with Crippen LogP contribution < -0.4 is 0 Å². The standard InChI is InChI=1S/C15H31Cl/c1-5-6-7-8-9-10-11-12-15(4,13-16)14(2)3/h14H,5-13H2,1-4H3. The summed E-state index contributed by atoms with van der Waals surface area (Å²) >= 11 is 6.09. The Labute approximate surface area is 108 Å². The number of unbranched alkanes of at least 4 members (excludes halogenated alkanes) is 6. The maximum absolute atomic E-state index is 6.09. The molecule has 0 fully saturated rings. The Kier molecular flexibility index (Phi) is 9.50. The van der Waals surface area contributed by atoms with Crippen molar-refractivity contribution in [3.05, 3.63) is 0 Å². The summed E-state index contributed by atoms with van der Waals surface area (Å²) in [5, 5.41) is 0. The minimum atomic E-state index is 0.352. The van der Waals surface area contributed by atoms with E-state index >= 15 is 0 Å². The summed E-state index contributed by atoms with van der Waals surface area (Å²) in [5.41, 5.74) is 0.352. The minimum absolute atomic E-state index is 0.352. The lowest BCUT2D eigenvalue weighted by atomic mass is 9.77. The van der Waals surface area contributed by atoms with Crippen LogP contribution in [0.3, 0.4) is 0 Å². The van der Waals surface area contributed by atoms with Gasteiger partial charge in [-0.05, 0) is 17.8 Å². The summed E-state index contributed by atoms with van der Waals surface area (Å²) in [7, 11) is 0. The Morgan fingerprint density at radius 3 is 1.88 bits per heavy atom. The second-order valence-corrected chi connectivity index (χ2v) is 6.08. The van der Waals surface area contributed by atoms with Gasteiger partial charge in [0.1, 0.15) is 0 Å². The molecule has 98 valence electrons. The first-order chi connectivity index (χ1) is 7.56. The fourth-order valence-electron chi connectivity index (χ4n) is 2.00. The van der Waals surface area contributed by atoms with E-state index in [9.17, 15) is 0 Å². The molecule has 0 spiro atoms. The zero-order chi connectivity index (χ0) is 12.4. The zero-order valence-electron chi connectivity index (χ0n) is 11.8. The third-order valence-electron chi connectivity index (χ3n) is 4.05. The smallest absolute Gasteiger partial charge is 0.0279 e. The van der Waals surface area contributed by atoms with Crippen molar-refractivity contribution >= 4 is 11.6 Å². The molecular formula is C15H31Cl. The average molecular weight is 247 g/mol. The van der Waals surface area contributed by atoms with E-state index in [1.165, 1.54) is 51.4 Å². The lowest BCUT2D eigenvalue weighted by Crippen LogP contribution is -2.25. The first kappa shape index (κ1) is 16.3. The average Bonchev–Trinajstić information content (AvgIpc) is 2.27. The highest BCUT2D eigenvalue weighted by Crippen LogP contribution is 2.34. The molecule has 0 nitrogen and oxygen atoms in total. The minimum Gasteiger partial charge on any atom is -0.126 e. The van der Waals surface area contributed by atoms with E-state index in [4.69, 9.17) is 11.6 Å². The third-order valence-corrected chi connectivity index (χ3v) is 4.66. The Hall–Kier alpha value is 0.290. The van der Waals surface area contributed by atoms with Crippen LogP contribution >= 0.6 is 11.6 Å². The van der Waals surface area contributed by atoms with Gasteiger partial charge < -0.3 is 0 Å². The summed E-state index contributed by atoms with van der Waals surface area (Å²) in [5.74, 6) is 1.51. The number of hydrogen-bond acceptors (Lipinski definition) is 0. The molecule has 0 bridgehead atoms. The van der Waals surface area contributed by atoms with Gasteiger partial charge in [0.05, 0.1) is 0 Å². The maximum atomic E-state index is 6.09. The third kappa shape index (κ3) is 6.78. The van der Waals surface area contributed by atoms with E-state index in [1.807, 2.05) is 0 Å². The van der Waals surface area contributed by atoms with Crippen molar-refractivity contribution in [3.63, 3.8) is 0 Å². The number of hydrogen-bond donors (Lipinski definition) is 0. The fourth-order valence-corrected chi connectivity index (χ4v) is 2.44. The van der Waals surface area contributed by atoms with Crippen LogP contribution in [0.2, 0.25) is 0 Å². The van der Waals surface area contributed by atoms with Crippen LogP contribution in [-0.2, 0) is 0 Å². The van der Waals surface area contributed by atoms with E-state index in [1.54, 1.807) is 0 Å². The molecule has 0 aromatic carbocycles. The van der Waals surface area contributed by atoms with Gasteiger partial charge in [0.25, 0.3) is 0 Å². The molecule has 0 heterocycles. The molecule has 16 heavy (non-hydrogen) atoms. The summed E-state index contributed by atoms with van der Waals surface area (Å²) in [4.78, 5) is 0. The molecule has 0 amide bonds. The molecule has 1 atom stereocenters. The van der Waals surface area contributed by atoms with Crippen molar-refractivity contribution in [2.75, 3.05) is 5.88 Å². The molecule has 0 saturated carbocycles. The molecule has 1 unspecified atom stereocenters. The van der Waals surface area contributed by atoms with E-state index in [0.717, 1.165) is 5.88 Å². The van der Waals surface area contributed by atoms with E-state index < -0.39 is 0 Å². The summed E-state index contributed by atoms with van der Waals surface area (Å²) in [6.07, 6.45) is 11.1.